The van der Waals surface area contributed by atoms with Crippen molar-refractivity contribution >= 4 is 11.6 Å². The van der Waals surface area contributed by atoms with Crippen LogP contribution in [0.3, 0.4) is 0 Å². The molecule has 2 N–H and O–H groups in total. The molecule has 1 heterocycles. The van der Waals surface area contributed by atoms with Gasteiger partial charge in [0.25, 0.3) is 0 Å². The molecule has 1 amide bonds. The quantitative estimate of drug-likeness (QED) is 0.908. The predicted molar refractivity (Wildman–Crippen MR) is 89.8 cm³/mol. The van der Waals surface area contributed by atoms with Crippen LogP contribution in [-0.4, -0.2) is 18.1 Å². The van der Waals surface area contributed by atoms with E-state index in [0.717, 1.165) is 18.5 Å². The van der Waals surface area contributed by atoms with E-state index in [2.05, 4.69) is 45.9 Å². The van der Waals surface area contributed by atoms with Crippen LogP contribution in [0.4, 0.5) is 5.69 Å². The van der Waals surface area contributed by atoms with Crippen LogP contribution in [0, 0.1) is 0 Å². The Balaban J connectivity index is 2.54. The lowest BCUT2D eigenvalue weighted by Crippen LogP contribution is -2.53. The molecule has 122 valence electrons. The number of aryl methyl sites for hydroxylation is 1. The third kappa shape index (κ3) is 2.84. The lowest BCUT2D eigenvalue weighted by Gasteiger charge is -2.46. The van der Waals surface area contributed by atoms with E-state index >= 15 is 0 Å². The smallest absolute Gasteiger partial charge is 0.242 e. The fourth-order valence-corrected chi connectivity index (χ4v) is 2.98. The van der Waals surface area contributed by atoms with Crippen LogP contribution in [-0.2, 0) is 21.5 Å². The van der Waals surface area contributed by atoms with E-state index in [4.69, 9.17) is 10.6 Å². The number of hydrogen-bond donors (Lipinski definition) is 1. The number of fused-ring (bicyclic) bond motifs is 1. The van der Waals surface area contributed by atoms with Crippen molar-refractivity contribution in [2.24, 2.45) is 5.73 Å². The second-order valence-corrected chi connectivity index (χ2v) is 6.71. The van der Waals surface area contributed by atoms with Gasteiger partial charge in [-0.15, -0.1) is 0 Å². The predicted octanol–water partition coefficient (Wildman–Crippen LogP) is 3.32. The number of nitrogens with zero attached hydrogens (tertiary/aromatic N) is 1. The standard InChI is InChI=1S/C18H28N2O2/c1-6-8-16(17(19)21)20-15-10-9-13(7-2)11-14(15)18(4,5)12(3)22-20/h9-12,16H,6-8H2,1-5H3,(H2,19,21). The summed E-state index contributed by atoms with van der Waals surface area (Å²) in [5.74, 6) is -0.334. The fourth-order valence-electron chi connectivity index (χ4n) is 2.98. The zero-order chi connectivity index (χ0) is 16.5. The minimum Gasteiger partial charge on any atom is -0.368 e. The molecule has 2 rings (SSSR count). The average molecular weight is 304 g/mol. The van der Waals surface area contributed by atoms with Crippen LogP contribution >= 0.6 is 0 Å². The van der Waals surface area contributed by atoms with Gasteiger partial charge in [-0.3, -0.25) is 9.63 Å². The molecule has 22 heavy (non-hydrogen) atoms. The normalized spacial score (nSPS) is 21.3. The number of rotatable bonds is 5. The molecule has 0 bridgehead atoms. The molecule has 1 aromatic carbocycles. The minimum atomic E-state index is -0.422. The van der Waals surface area contributed by atoms with Crippen LogP contribution in [0.15, 0.2) is 18.2 Å². The third-order valence-electron chi connectivity index (χ3n) is 4.86. The number of carbonyl (C=O) groups is 1. The first-order valence-corrected chi connectivity index (χ1v) is 8.21. The van der Waals surface area contributed by atoms with Gasteiger partial charge in [0, 0.05) is 5.41 Å². The van der Waals surface area contributed by atoms with Crippen LogP contribution in [0.25, 0.3) is 0 Å². The highest BCUT2D eigenvalue weighted by molar-refractivity contribution is 5.83. The second kappa shape index (κ2) is 6.29. The van der Waals surface area contributed by atoms with Crippen LogP contribution < -0.4 is 10.8 Å². The van der Waals surface area contributed by atoms with Gasteiger partial charge in [-0.1, -0.05) is 46.2 Å². The van der Waals surface area contributed by atoms with Gasteiger partial charge in [0.2, 0.25) is 5.91 Å². The first kappa shape index (κ1) is 16.8. The van der Waals surface area contributed by atoms with Crippen LogP contribution in [0.5, 0.6) is 0 Å². The Morgan fingerprint density at radius 3 is 2.64 bits per heavy atom. The molecule has 0 saturated carbocycles. The summed E-state index contributed by atoms with van der Waals surface area (Å²) >= 11 is 0. The van der Waals surface area contributed by atoms with Crippen LogP contribution in [0.2, 0.25) is 0 Å². The van der Waals surface area contributed by atoms with Gasteiger partial charge in [-0.2, -0.15) is 0 Å². The fraction of sp³-hybridized carbons (Fsp3) is 0.611. The Morgan fingerprint density at radius 1 is 1.41 bits per heavy atom. The molecule has 1 aromatic rings. The topological polar surface area (TPSA) is 55.6 Å². The number of hydrogen-bond acceptors (Lipinski definition) is 3. The number of anilines is 1. The van der Waals surface area contributed by atoms with E-state index in [-0.39, 0.29) is 17.4 Å². The number of benzene rings is 1. The van der Waals surface area contributed by atoms with Gasteiger partial charge in [0.05, 0.1) is 11.8 Å². The first-order chi connectivity index (χ1) is 10.3. The van der Waals surface area contributed by atoms with Crippen molar-refractivity contribution in [3.8, 4) is 0 Å². The summed E-state index contributed by atoms with van der Waals surface area (Å²) in [5, 5.41) is 1.75. The highest BCUT2D eigenvalue weighted by Gasteiger charge is 2.41. The van der Waals surface area contributed by atoms with Gasteiger partial charge < -0.3 is 5.73 Å². The molecule has 2 unspecified atom stereocenters. The Hall–Kier alpha value is -1.55. The first-order valence-electron chi connectivity index (χ1n) is 8.21. The van der Waals surface area contributed by atoms with Crippen molar-refractivity contribution in [2.45, 2.75) is 71.4 Å². The molecular formula is C18H28N2O2. The molecule has 1 aliphatic heterocycles. The zero-order valence-corrected chi connectivity index (χ0v) is 14.3. The lowest BCUT2D eigenvalue weighted by atomic mass is 9.77. The van der Waals surface area contributed by atoms with Gasteiger partial charge in [0.15, 0.2) is 0 Å². The molecule has 0 spiro atoms. The Morgan fingerprint density at radius 2 is 2.09 bits per heavy atom. The van der Waals surface area contributed by atoms with Gasteiger partial charge in [0.1, 0.15) is 6.04 Å². The monoisotopic (exact) mass is 304 g/mol. The molecule has 0 fully saturated rings. The summed E-state index contributed by atoms with van der Waals surface area (Å²) in [6, 6.07) is 5.99. The molecule has 0 radical (unpaired) electrons. The van der Waals surface area contributed by atoms with Crippen molar-refractivity contribution in [2.75, 3.05) is 5.06 Å². The Bertz CT molecular complexity index is 554. The maximum Gasteiger partial charge on any atom is 0.242 e. The number of hydroxylamine groups is 1. The van der Waals surface area contributed by atoms with Crippen LogP contribution in [0.1, 0.15) is 58.6 Å². The van der Waals surface area contributed by atoms with E-state index < -0.39 is 6.04 Å². The summed E-state index contributed by atoms with van der Waals surface area (Å²) in [6.07, 6.45) is 2.54. The summed E-state index contributed by atoms with van der Waals surface area (Å²) in [6.45, 7) is 10.6. The lowest BCUT2D eigenvalue weighted by molar-refractivity contribution is -0.123. The average Bonchev–Trinajstić information content (AvgIpc) is 2.48. The molecule has 0 aliphatic carbocycles. The van der Waals surface area contributed by atoms with Gasteiger partial charge in [-0.25, -0.2) is 5.06 Å². The van der Waals surface area contributed by atoms with Gasteiger partial charge >= 0.3 is 0 Å². The SMILES string of the molecule is CCCC(C(N)=O)N1OC(C)C(C)(C)c2cc(CC)ccc21. The number of primary amides is 1. The number of nitrogens with two attached hydrogens (primary N) is 1. The van der Waals surface area contributed by atoms with Crippen molar-refractivity contribution in [3.63, 3.8) is 0 Å². The summed E-state index contributed by atoms with van der Waals surface area (Å²) in [4.78, 5) is 18.0. The zero-order valence-electron chi connectivity index (χ0n) is 14.3. The largest absolute Gasteiger partial charge is 0.368 e. The van der Waals surface area contributed by atoms with Crippen molar-refractivity contribution in [1.29, 1.82) is 0 Å². The minimum absolute atomic E-state index is 0.0224. The molecule has 2 atom stereocenters. The Kier molecular flexibility index (Phi) is 4.81. The molecule has 4 heteroatoms. The van der Waals surface area contributed by atoms with E-state index in [1.807, 2.05) is 6.92 Å². The highest BCUT2D eigenvalue weighted by atomic mass is 16.7. The van der Waals surface area contributed by atoms with E-state index in [0.29, 0.717) is 6.42 Å². The van der Waals surface area contributed by atoms with Crippen molar-refractivity contribution in [3.05, 3.63) is 29.3 Å². The summed E-state index contributed by atoms with van der Waals surface area (Å²) < 4.78 is 0. The Labute approximate surface area is 133 Å². The van der Waals surface area contributed by atoms with Crippen molar-refractivity contribution < 1.29 is 9.63 Å². The van der Waals surface area contributed by atoms with Gasteiger partial charge in [-0.05, 0) is 37.0 Å². The van der Waals surface area contributed by atoms with E-state index in [1.165, 1.54) is 11.1 Å². The second-order valence-electron chi connectivity index (χ2n) is 6.71. The maximum absolute atomic E-state index is 11.9. The molecule has 4 nitrogen and oxygen atoms in total. The van der Waals surface area contributed by atoms with Crippen molar-refractivity contribution in [1.82, 2.24) is 0 Å². The number of amides is 1. The highest BCUT2D eigenvalue weighted by Crippen LogP contribution is 2.43. The van der Waals surface area contributed by atoms with E-state index in [9.17, 15) is 4.79 Å². The summed E-state index contributed by atoms with van der Waals surface area (Å²) in [7, 11) is 0. The van der Waals surface area contributed by atoms with E-state index in [1.54, 1.807) is 5.06 Å². The third-order valence-corrected chi connectivity index (χ3v) is 4.86. The maximum atomic E-state index is 11.9. The molecule has 0 aromatic heterocycles. The summed E-state index contributed by atoms with van der Waals surface area (Å²) in [5.41, 5.74) is 9.01. The number of carbonyl (C=O) groups excluding carboxylic acids is 1. The molecule has 1 aliphatic rings. The molecular weight excluding hydrogens is 276 g/mol. The molecule has 0 saturated heterocycles.